The first-order chi connectivity index (χ1) is 4.56. The highest BCUT2D eigenvalue weighted by Gasteiger charge is 2.15. The van der Waals surface area contributed by atoms with Crippen molar-refractivity contribution in [2.75, 3.05) is 0 Å². The number of hydrogen-bond donors (Lipinski definition) is 0. The van der Waals surface area contributed by atoms with E-state index in [0.29, 0.717) is 0 Å². The van der Waals surface area contributed by atoms with E-state index in [9.17, 15) is 0 Å². The summed E-state index contributed by atoms with van der Waals surface area (Å²) >= 11 is 10.3. The van der Waals surface area contributed by atoms with E-state index >= 15 is 0 Å². The summed E-state index contributed by atoms with van der Waals surface area (Å²) in [5, 5.41) is 0. The summed E-state index contributed by atoms with van der Waals surface area (Å²) in [4.78, 5) is 0. The SMILES string of the molecule is [CH2]CCCCCC(Br)(Br)Br. The Hall–Kier alpha value is 1.44. The normalized spacial score (nSPS) is 12.0. The maximum absolute atomic E-state index is 3.78. The Labute approximate surface area is 88.5 Å². The summed E-state index contributed by atoms with van der Waals surface area (Å²) in [6.45, 7) is 3.78. The molecule has 0 bridgehead atoms. The molecule has 61 valence electrons. The van der Waals surface area contributed by atoms with E-state index in [-0.39, 0.29) is 2.14 Å². The highest BCUT2D eigenvalue weighted by atomic mass is 80.0. The maximum atomic E-state index is 3.78. The van der Waals surface area contributed by atoms with Gasteiger partial charge in [-0.1, -0.05) is 80.4 Å². The molecule has 1 radical (unpaired) electrons. The van der Waals surface area contributed by atoms with E-state index < -0.39 is 0 Å². The summed E-state index contributed by atoms with van der Waals surface area (Å²) in [6.07, 6.45) is 5.90. The van der Waals surface area contributed by atoms with Crippen LogP contribution in [0.15, 0.2) is 0 Å². The summed E-state index contributed by atoms with van der Waals surface area (Å²) in [5.74, 6) is 0. The van der Waals surface area contributed by atoms with E-state index in [0.717, 1.165) is 12.8 Å². The van der Waals surface area contributed by atoms with Gasteiger partial charge in [0.1, 0.15) is 2.14 Å². The fourth-order valence-corrected chi connectivity index (χ4v) is 1.52. The van der Waals surface area contributed by atoms with Crippen LogP contribution in [-0.4, -0.2) is 2.14 Å². The highest BCUT2D eigenvalue weighted by Crippen LogP contribution is 2.38. The van der Waals surface area contributed by atoms with Crippen LogP contribution in [0.4, 0.5) is 0 Å². The first kappa shape index (κ1) is 11.4. The zero-order chi connectivity index (χ0) is 8.04. The fraction of sp³-hybridized carbons (Fsp3) is 0.857. The van der Waals surface area contributed by atoms with Gasteiger partial charge in [-0.15, -0.1) is 0 Å². The molecule has 0 aromatic rings. The van der Waals surface area contributed by atoms with Crippen LogP contribution < -0.4 is 0 Å². The van der Waals surface area contributed by atoms with Gasteiger partial charge in [0.15, 0.2) is 0 Å². The lowest BCUT2D eigenvalue weighted by Crippen LogP contribution is -1.97. The number of rotatable bonds is 4. The van der Waals surface area contributed by atoms with Crippen molar-refractivity contribution in [3.05, 3.63) is 6.92 Å². The minimum atomic E-state index is -0.0336. The van der Waals surface area contributed by atoms with Crippen molar-refractivity contribution >= 4 is 47.8 Å². The van der Waals surface area contributed by atoms with Gasteiger partial charge in [0.05, 0.1) is 0 Å². The number of unbranched alkanes of at least 4 members (excludes halogenated alkanes) is 3. The van der Waals surface area contributed by atoms with Crippen LogP contribution in [0.1, 0.15) is 32.1 Å². The van der Waals surface area contributed by atoms with Crippen molar-refractivity contribution in [2.45, 2.75) is 34.2 Å². The third-order valence-electron chi connectivity index (χ3n) is 1.21. The average Bonchev–Trinajstić information content (AvgIpc) is 1.78. The summed E-state index contributed by atoms with van der Waals surface area (Å²) in [7, 11) is 0. The lowest BCUT2D eigenvalue weighted by Gasteiger charge is -2.10. The Bertz CT molecular complexity index is 75.4. The molecule has 0 rings (SSSR count). The van der Waals surface area contributed by atoms with E-state index in [1.54, 1.807) is 0 Å². The summed E-state index contributed by atoms with van der Waals surface area (Å²) in [5.41, 5.74) is 0. The van der Waals surface area contributed by atoms with Gasteiger partial charge in [-0.3, -0.25) is 0 Å². The molecule has 0 aliphatic heterocycles. The molecule has 0 saturated heterocycles. The minimum absolute atomic E-state index is 0.0336. The molecular weight excluding hydrogens is 324 g/mol. The second-order valence-electron chi connectivity index (χ2n) is 2.28. The van der Waals surface area contributed by atoms with Crippen LogP contribution in [-0.2, 0) is 0 Å². The molecule has 0 saturated carbocycles. The van der Waals surface area contributed by atoms with Crippen molar-refractivity contribution in [1.82, 2.24) is 0 Å². The van der Waals surface area contributed by atoms with Gasteiger partial charge in [0.25, 0.3) is 0 Å². The van der Waals surface area contributed by atoms with Gasteiger partial charge < -0.3 is 0 Å². The molecule has 0 fully saturated rings. The van der Waals surface area contributed by atoms with E-state index in [1.807, 2.05) is 0 Å². The van der Waals surface area contributed by atoms with Crippen LogP contribution in [0.3, 0.4) is 0 Å². The predicted molar refractivity (Wildman–Crippen MR) is 58.0 cm³/mol. The van der Waals surface area contributed by atoms with Crippen molar-refractivity contribution in [2.24, 2.45) is 0 Å². The van der Waals surface area contributed by atoms with Crippen LogP contribution >= 0.6 is 47.8 Å². The van der Waals surface area contributed by atoms with E-state index in [1.165, 1.54) is 19.3 Å². The van der Waals surface area contributed by atoms with Gasteiger partial charge in [-0.2, -0.15) is 0 Å². The van der Waals surface area contributed by atoms with E-state index in [2.05, 4.69) is 54.7 Å². The lowest BCUT2D eigenvalue weighted by molar-refractivity contribution is 0.667. The van der Waals surface area contributed by atoms with E-state index in [4.69, 9.17) is 0 Å². The fourth-order valence-electron chi connectivity index (χ4n) is 0.679. The quantitative estimate of drug-likeness (QED) is 0.520. The molecule has 0 N–H and O–H groups in total. The van der Waals surface area contributed by atoms with Crippen LogP contribution in [0.25, 0.3) is 0 Å². The Morgan fingerprint density at radius 2 is 1.60 bits per heavy atom. The molecule has 0 spiro atoms. The first-order valence-electron chi connectivity index (χ1n) is 3.42. The van der Waals surface area contributed by atoms with Gasteiger partial charge in [0.2, 0.25) is 0 Å². The smallest absolute Gasteiger partial charge is 0.0599 e. The number of alkyl halides is 3. The standard InChI is InChI=1S/C7H12Br3/c1-2-3-4-5-6-7(8,9)10/h1-6H2. The molecule has 0 amide bonds. The Morgan fingerprint density at radius 3 is 2.00 bits per heavy atom. The summed E-state index contributed by atoms with van der Waals surface area (Å²) < 4.78 is -0.0336. The molecule has 0 aliphatic rings. The van der Waals surface area contributed by atoms with Crippen molar-refractivity contribution < 1.29 is 0 Å². The van der Waals surface area contributed by atoms with Gasteiger partial charge >= 0.3 is 0 Å². The molecule has 0 atom stereocenters. The third kappa shape index (κ3) is 9.44. The minimum Gasteiger partial charge on any atom is -0.0599 e. The maximum Gasteiger partial charge on any atom is 0.135 e. The Balaban J connectivity index is 3.04. The zero-order valence-corrected chi connectivity index (χ0v) is 10.6. The van der Waals surface area contributed by atoms with Crippen molar-refractivity contribution in [3.8, 4) is 0 Å². The molecule has 0 aliphatic carbocycles. The average molecular weight is 336 g/mol. The first-order valence-corrected chi connectivity index (χ1v) is 5.80. The van der Waals surface area contributed by atoms with Crippen molar-refractivity contribution in [3.63, 3.8) is 0 Å². The second kappa shape index (κ2) is 6.01. The molecule has 0 unspecified atom stereocenters. The molecule has 0 heterocycles. The Kier molecular flexibility index (Phi) is 6.88. The zero-order valence-electron chi connectivity index (χ0n) is 5.88. The van der Waals surface area contributed by atoms with Crippen LogP contribution in [0, 0.1) is 6.92 Å². The van der Waals surface area contributed by atoms with Crippen LogP contribution in [0.2, 0.25) is 0 Å². The Morgan fingerprint density at radius 1 is 1.00 bits per heavy atom. The third-order valence-corrected chi connectivity index (χ3v) is 2.40. The van der Waals surface area contributed by atoms with Gasteiger partial charge in [-0.05, 0) is 6.42 Å². The predicted octanol–water partition coefficient (Wildman–Crippen LogP) is 4.61. The second-order valence-corrected chi connectivity index (χ2v) is 9.53. The molecule has 10 heavy (non-hydrogen) atoms. The van der Waals surface area contributed by atoms with Gasteiger partial charge in [-0.25, -0.2) is 0 Å². The van der Waals surface area contributed by atoms with Gasteiger partial charge in [0, 0.05) is 0 Å². The molecular formula is C7H12Br3. The van der Waals surface area contributed by atoms with Crippen LogP contribution in [0.5, 0.6) is 0 Å². The lowest BCUT2D eigenvalue weighted by atomic mass is 10.2. The monoisotopic (exact) mass is 333 g/mol. The molecule has 0 aromatic heterocycles. The molecule has 3 heteroatoms. The highest BCUT2D eigenvalue weighted by molar-refractivity contribution is 9.39. The van der Waals surface area contributed by atoms with Crippen molar-refractivity contribution in [1.29, 1.82) is 0 Å². The topological polar surface area (TPSA) is 0 Å². The molecule has 0 aromatic carbocycles. The summed E-state index contributed by atoms with van der Waals surface area (Å²) in [6, 6.07) is 0. The largest absolute Gasteiger partial charge is 0.135 e. The molecule has 0 nitrogen and oxygen atoms in total. The number of hydrogen-bond acceptors (Lipinski definition) is 0. The number of halogens is 3.